The Balaban J connectivity index is 1.06. The molecular weight excluding hydrogens is 679 g/mol. The normalized spacial score (nSPS) is 32.9. The van der Waals surface area contributed by atoms with Gasteiger partial charge in [-0.25, -0.2) is 0 Å². The van der Waals surface area contributed by atoms with Gasteiger partial charge in [0.1, 0.15) is 0 Å². The average Bonchev–Trinajstić information content (AvgIpc) is 3.56. The summed E-state index contributed by atoms with van der Waals surface area (Å²) in [6, 6.07) is 17.4. The number of nitrogens with zero attached hydrogens (tertiary/aromatic N) is 1. The van der Waals surface area contributed by atoms with Gasteiger partial charge >= 0.3 is 0 Å². The molecule has 0 saturated carbocycles. The molecule has 0 bridgehead atoms. The predicted octanol–water partition coefficient (Wildman–Crippen LogP) is 12.7. The lowest BCUT2D eigenvalue weighted by Crippen LogP contribution is -2.36. The molecule has 2 aromatic rings. The van der Waals surface area contributed by atoms with Crippen molar-refractivity contribution < 1.29 is 0 Å². The molecule has 0 radical (unpaired) electrons. The summed E-state index contributed by atoms with van der Waals surface area (Å²) in [5, 5.41) is 0.406. The Morgan fingerprint density at radius 1 is 0.736 bits per heavy atom. The lowest BCUT2D eigenvalue weighted by molar-refractivity contribution is 0.289. The molecule has 8 atom stereocenters. The highest BCUT2D eigenvalue weighted by Gasteiger charge is 2.48. The molecule has 0 aromatic heterocycles. The van der Waals surface area contributed by atoms with Crippen molar-refractivity contribution in [2.45, 2.75) is 77.5 Å². The molecule has 3 aliphatic heterocycles. The highest BCUT2D eigenvalue weighted by Crippen LogP contribution is 2.61. The van der Waals surface area contributed by atoms with E-state index < -0.39 is 0 Å². The second-order valence-corrected chi connectivity index (χ2v) is 18.2. The predicted molar refractivity (Wildman–Crippen MR) is 225 cm³/mol. The van der Waals surface area contributed by atoms with Crippen molar-refractivity contribution in [3.8, 4) is 0 Å². The van der Waals surface area contributed by atoms with Crippen molar-refractivity contribution in [2.75, 3.05) is 0 Å². The number of thioether (sulfide) groups is 2. The molecule has 3 heterocycles. The van der Waals surface area contributed by atoms with Gasteiger partial charge < -0.3 is 4.90 Å². The first-order chi connectivity index (χ1) is 26.3. The van der Waals surface area contributed by atoms with Gasteiger partial charge in [0.25, 0.3) is 0 Å². The lowest BCUT2D eigenvalue weighted by Gasteiger charge is -2.46. The van der Waals surface area contributed by atoms with Gasteiger partial charge in [-0.2, -0.15) is 0 Å². The lowest BCUT2D eigenvalue weighted by atomic mass is 9.65. The molecule has 0 spiro atoms. The summed E-state index contributed by atoms with van der Waals surface area (Å²) in [5.74, 6) is 1.93. The Bertz CT molecular complexity index is 2260. The molecule has 1 nitrogen and oxygen atoms in total. The third-order valence-electron chi connectivity index (χ3n) is 13.1. The monoisotopic (exact) mass is 723 g/mol. The van der Waals surface area contributed by atoms with Crippen LogP contribution in [0.3, 0.4) is 0 Å². The summed E-state index contributed by atoms with van der Waals surface area (Å²) in [7, 11) is 0. The SMILES string of the molecule is C1=CCC(C2=CC3Sc4cccc(C5=CCC6C(=C5)C5C=CC=CC5N6C5=CCCC=C5)c4C(C4C5=C(CCC=C5)Sc5ccccc54)C3C=C2)C=C1. The molecule has 1 saturated heterocycles. The fourth-order valence-corrected chi connectivity index (χ4v) is 13.5. The Kier molecular flexibility index (Phi) is 8.09. The van der Waals surface area contributed by atoms with E-state index in [4.69, 9.17) is 0 Å². The molecule has 6 aliphatic carbocycles. The molecule has 8 unspecified atom stereocenters. The van der Waals surface area contributed by atoms with Crippen LogP contribution in [0.15, 0.2) is 189 Å². The number of benzene rings is 2. The minimum atomic E-state index is 0.316. The van der Waals surface area contributed by atoms with Gasteiger partial charge in [-0.3, -0.25) is 0 Å². The van der Waals surface area contributed by atoms with Crippen molar-refractivity contribution in [3.05, 3.63) is 196 Å². The first-order valence-corrected chi connectivity index (χ1v) is 21.6. The summed E-state index contributed by atoms with van der Waals surface area (Å²) in [6.45, 7) is 0. The van der Waals surface area contributed by atoms with Gasteiger partial charge in [0, 0.05) is 50.3 Å². The number of hydrogen-bond acceptors (Lipinski definition) is 3. The van der Waals surface area contributed by atoms with E-state index >= 15 is 0 Å². The van der Waals surface area contributed by atoms with Crippen LogP contribution in [0, 0.1) is 17.8 Å². The Morgan fingerprint density at radius 2 is 1.64 bits per heavy atom. The smallest absolute Gasteiger partial charge is 0.0583 e. The van der Waals surface area contributed by atoms with Crippen LogP contribution >= 0.6 is 23.5 Å². The number of fused-ring (bicyclic) bond motifs is 6. The molecule has 3 heteroatoms. The van der Waals surface area contributed by atoms with Gasteiger partial charge in [0.05, 0.1) is 12.1 Å². The molecule has 11 rings (SSSR count). The topological polar surface area (TPSA) is 3.24 Å². The average molecular weight is 724 g/mol. The summed E-state index contributed by atoms with van der Waals surface area (Å²) < 4.78 is 0. The summed E-state index contributed by atoms with van der Waals surface area (Å²) in [6.07, 6.45) is 50.5. The fraction of sp³-hybridized carbons (Fsp3) is 0.280. The van der Waals surface area contributed by atoms with Gasteiger partial charge in [-0.05, 0) is 101 Å². The quantitative estimate of drug-likeness (QED) is 0.309. The van der Waals surface area contributed by atoms with Gasteiger partial charge in [0.2, 0.25) is 0 Å². The maximum Gasteiger partial charge on any atom is 0.0583 e. The molecule has 262 valence electrons. The van der Waals surface area contributed by atoms with Crippen LogP contribution < -0.4 is 0 Å². The standard InChI is InChI=1S/C50H45NS2/c1-3-14-32(15-4-1)33-26-28-40-47(31-33)53-46-25-13-21-36(49(46)50(40)48-38-19-8-11-23-44(38)52-45-24-12-9-20-39(45)48)34-27-29-43-41(30-34)37-18-7-10-22-42(37)51(43)35-16-5-2-6-17-35/h1,3-5,7-11,13-14,16-23,25-28,30-32,37,40,42-43,47-48,50H,2,6,12,15,24,29H2. The minimum absolute atomic E-state index is 0.316. The molecule has 0 amide bonds. The number of rotatable bonds is 4. The molecule has 1 fully saturated rings. The van der Waals surface area contributed by atoms with E-state index in [0.717, 1.165) is 38.5 Å². The second kappa shape index (κ2) is 13.3. The molecule has 2 aromatic carbocycles. The van der Waals surface area contributed by atoms with Crippen LogP contribution in [0.1, 0.15) is 67.1 Å². The van der Waals surface area contributed by atoms with E-state index in [1.54, 1.807) is 21.6 Å². The van der Waals surface area contributed by atoms with Crippen molar-refractivity contribution in [1.29, 1.82) is 0 Å². The molecule has 9 aliphatic rings. The van der Waals surface area contributed by atoms with Gasteiger partial charge in [-0.15, -0.1) is 11.8 Å². The molecule has 0 N–H and O–H groups in total. The maximum atomic E-state index is 2.73. The van der Waals surface area contributed by atoms with E-state index in [9.17, 15) is 0 Å². The first kappa shape index (κ1) is 32.3. The van der Waals surface area contributed by atoms with Crippen LogP contribution in [0.5, 0.6) is 0 Å². The first-order valence-electron chi connectivity index (χ1n) is 19.9. The highest BCUT2D eigenvalue weighted by molar-refractivity contribution is 8.03. The third kappa shape index (κ3) is 5.36. The largest absolute Gasteiger partial charge is 0.357 e. The summed E-state index contributed by atoms with van der Waals surface area (Å²) in [4.78, 5) is 7.25. The highest BCUT2D eigenvalue weighted by atomic mass is 32.2. The van der Waals surface area contributed by atoms with Crippen LogP contribution in [-0.2, 0) is 0 Å². The molecular formula is C50H45NS2. The van der Waals surface area contributed by atoms with Crippen molar-refractivity contribution in [3.63, 3.8) is 0 Å². The Labute approximate surface area is 323 Å². The van der Waals surface area contributed by atoms with Crippen LogP contribution in [0.4, 0.5) is 0 Å². The van der Waals surface area contributed by atoms with E-state index in [0.29, 0.717) is 46.9 Å². The van der Waals surface area contributed by atoms with Crippen molar-refractivity contribution >= 4 is 29.1 Å². The summed E-state index contributed by atoms with van der Waals surface area (Å²) in [5.41, 5.74) is 12.0. The van der Waals surface area contributed by atoms with E-state index in [-0.39, 0.29) is 0 Å². The van der Waals surface area contributed by atoms with Crippen LogP contribution in [-0.4, -0.2) is 22.2 Å². The second-order valence-electron chi connectivity index (χ2n) is 15.9. The van der Waals surface area contributed by atoms with Crippen molar-refractivity contribution in [1.82, 2.24) is 4.90 Å². The number of hydrogen-bond donors (Lipinski definition) is 0. The number of allylic oxidation sites excluding steroid dienone is 18. The zero-order valence-electron chi connectivity index (χ0n) is 30.1. The van der Waals surface area contributed by atoms with E-state index in [2.05, 4.69) is 168 Å². The van der Waals surface area contributed by atoms with Gasteiger partial charge in [-0.1, -0.05) is 145 Å². The molecule has 53 heavy (non-hydrogen) atoms. The zero-order valence-corrected chi connectivity index (χ0v) is 31.7. The fourth-order valence-electron chi connectivity index (χ4n) is 10.7. The van der Waals surface area contributed by atoms with Gasteiger partial charge in [0.15, 0.2) is 0 Å². The minimum Gasteiger partial charge on any atom is -0.357 e. The third-order valence-corrected chi connectivity index (χ3v) is 15.7. The van der Waals surface area contributed by atoms with E-state index in [1.165, 1.54) is 37.8 Å². The summed E-state index contributed by atoms with van der Waals surface area (Å²) >= 11 is 4.16. The van der Waals surface area contributed by atoms with Crippen LogP contribution in [0.2, 0.25) is 0 Å². The maximum absolute atomic E-state index is 2.73. The Hall–Kier alpha value is -4.18. The van der Waals surface area contributed by atoms with Crippen LogP contribution in [0.25, 0.3) is 5.57 Å². The number of likely N-dealkylation sites (tertiary alicyclic amines) is 1. The zero-order chi connectivity index (χ0) is 34.9. The van der Waals surface area contributed by atoms with E-state index in [1.807, 2.05) is 11.8 Å². The van der Waals surface area contributed by atoms with Crippen molar-refractivity contribution in [2.24, 2.45) is 17.8 Å². The Morgan fingerprint density at radius 3 is 2.57 bits per heavy atom.